The van der Waals surface area contributed by atoms with Crippen LogP contribution in [0.15, 0.2) is 30.3 Å². The molecule has 0 bridgehead atoms. The van der Waals surface area contributed by atoms with E-state index in [2.05, 4.69) is 14.9 Å². The summed E-state index contributed by atoms with van der Waals surface area (Å²) in [5.41, 5.74) is 1.69. The first-order chi connectivity index (χ1) is 6.93. The highest BCUT2D eigenvalue weighted by Crippen LogP contribution is 2.26. The standard InChI is InChI=1S/C10H7NO3/c1-2-4-8-7(3-1)5-10-9(11-8)6-12-14-13-10/h1-5H,6H2. The van der Waals surface area contributed by atoms with Crippen molar-refractivity contribution in [3.05, 3.63) is 36.0 Å². The highest BCUT2D eigenvalue weighted by molar-refractivity contribution is 5.80. The second kappa shape index (κ2) is 2.94. The van der Waals surface area contributed by atoms with Crippen LogP contribution in [0, 0.1) is 0 Å². The van der Waals surface area contributed by atoms with E-state index in [0.29, 0.717) is 12.4 Å². The molecule has 0 N–H and O–H groups in total. The lowest BCUT2D eigenvalue weighted by Gasteiger charge is -2.13. The van der Waals surface area contributed by atoms with Gasteiger partial charge in [-0.15, -0.1) is 0 Å². The van der Waals surface area contributed by atoms with E-state index in [1.54, 1.807) is 0 Å². The van der Waals surface area contributed by atoms with Crippen LogP contribution < -0.4 is 4.89 Å². The zero-order chi connectivity index (χ0) is 9.38. The SMILES string of the molecule is c1ccc2nc3c(cc2c1)OOOC3. The molecule has 4 nitrogen and oxygen atoms in total. The van der Waals surface area contributed by atoms with E-state index >= 15 is 0 Å². The highest BCUT2D eigenvalue weighted by Gasteiger charge is 2.14. The maximum Gasteiger partial charge on any atom is 0.193 e. The molecule has 3 rings (SSSR count). The van der Waals surface area contributed by atoms with Crippen molar-refractivity contribution in [2.45, 2.75) is 6.61 Å². The Morgan fingerprint density at radius 3 is 3.14 bits per heavy atom. The lowest BCUT2D eigenvalue weighted by atomic mass is 10.2. The van der Waals surface area contributed by atoms with Crippen LogP contribution >= 0.6 is 0 Å². The molecule has 1 aromatic heterocycles. The predicted octanol–water partition coefficient (Wildman–Crippen LogP) is 1.99. The Morgan fingerprint density at radius 2 is 2.14 bits per heavy atom. The van der Waals surface area contributed by atoms with Gasteiger partial charge in [0.05, 0.1) is 5.52 Å². The topological polar surface area (TPSA) is 40.6 Å². The fourth-order valence-electron chi connectivity index (χ4n) is 1.45. The normalized spacial score (nSPS) is 14.9. The molecule has 70 valence electrons. The Bertz CT molecular complexity index is 439. The number of fused-ring (bicyclic) bond motifs is 2. The third-order valence-corrected chi connectivity index (χ3v) is 2.13. The van der Waals surface area contributed by atoms with Gasteiger partial charge in [0.2, 0.25) is 0 Å². The Kier molecular flexibility index (Phi) is 1.62. The summed E-state index contributed by atoms with van der Waals surface area (Å²) in [6, 6.07) is 9.71. The van der Waals surface area contributed by atoms with Crippen molar-refractivity contribution in [3.63, 3.8) is 0 Å². The van der Waals surface area contributed by atoms with Gasteiger partial charge in [-0.25, -0.2) is 4.98 Å². The van der Waals surface area contributed by atoms with Crippen LogP contribution in [0.4, 0.5) is 0 Å². The minimum Gasteiger partial charge on any atom is -0.306 e. The molecule has 0 amide bonds. The molecule has 2 aromatic rings. The third-order valence-electron chi connectivity index (χ3n) is 2.13. The molecule has 1 aromatic carbocycles. The van der Waals surface area contributed by atoms with Crippen LogP contribution in [0.3, 0.4) is 0 Å². The molecule has 2 heterocycles. The largest absolute Gasteiger partial charge is 0.306 e. The van der Waals surface area contributed by atoms with Crippen LogP contribution in [0.2, 0.25) is 0 Å². The summed E-state index contributed by atoms with van der Waals surface area (Å²) in [5.74, 6) is 0.620. The number of nitrogens with zero attached hydrogens (tertiary/aromatic N) is 1. The molecule has 0 fully saturated rings. The molecule has 0 spiro atoms. The smallest absolute Gasteiger partial charge is 0.193 e. The zero-order valence-corrected chi connectivity index (χ0v) is 7.27. The number of aromatic nitrogens is 1. The number of para-hydroxylation sites is 1. The molecule has 1 aliphatic rings. The van der Waals surface area contributed by atoms with E-state index < -0.39 is 0 Å². The summed E-state index contributed by atoms with van der Waals surface area (Å²) in [4.78, 5) is 13.9. The van der Waals surface area contributed by atoms with Crippen LogP contribution in [0.5, 0.6) is 5.75 Å². The summed E-state index contributed by atoms with van der Waals surface area (Å²) >= 11 is 0. The highest BCUT2D eigenvalue weighted by atomic mass is 17.5. The molecule has 0 aliphatic carbocycles. The van der Waals surface area contributed by atoms with Gasteiger partial charge in [0.25, 0.3) is 0 Å². The van der Waals surface area contributed by atoms with Crippen molar-refractivity contribution in [2.75, 3.05) is 0 Å². The lowest BCUT2D eigenvalue weighted by molar-refractivity contribution is -0.483. The molecule has 0 atom stereocenters. The van der Waals surface area contributed by atoms with Crippen molar-refractivity contribution in [2.24, 2.45) is 0 Å². The van der Waals surface area contributed by atoms with Gasteiger partial charge in [-0.05, 0) is 17.2 Å². The second-order valence-electron chi connectivity index (χ2n) is 3.04. The Labute approximate surface area is 79.9 Å². The van der Waals surface area contributed by atoms with Gasteiger partial charge in [0.1, 0.15) is 12.3 Å². The van der Waals surface area contributed by atoms with E-state index in [-0.39, 0.29) is 0 Å². The Balaban J connectivity index is 2.27. The van der Waals surface area contributed by atoms with Crippen molar-refractivity contribution in [3.8, 4) is 5.75 Å². The van der Waals surface area contributed by atoms with Crippen LogP contribution in [0.25, 0.3) is 10.9 Å². The summed E-state index contributed by atoms with van der Waals surface area (Å²) in [6.45, 7) is 0.320. The monoisotopic (exact) mass is 189 g/mol. The Hall–Kier alpha value is -1.65. The third kappa shape index (κ3) is 1.13. The van der Waals surface area contributed by atoms with E-state index in [4.69, 9.17) is 4.89 Å². The van der Waals surface area contributed by atoms with Crippen molar-refractivity contribution >= 4 is 10.9 Å². The fourth-order valence-corrected chi connectivity index (χ4v) is 1.45. The molecule has 0 saturated carbocycles. The fraction of sp³-hybridized carbons (Fsp3) is 0.100. The van der Waals surface area contributed by atoms with Crippen LogP contribution in [0.1, 0.15) is 5.69 Å². The van der Waals surface area contributed by atoms with Gasteiger partial charge in [-0.1, -0.05) is 18.2 Å². The van der Waals surface area contributed by atoms with E-state index in [0.717, 1.165) is 16.6 Å². The molecule has 0 saturated heterocycles. The first-order valence-electron chi connectivity index (χ1n) is 4.28. The van der Waals surface area contributed by atoms with Crippen molar-refractivity contribution in [1.29, 1.82) is 0 Å². The molecule has 1 aliphatic heterocycles. The van der Waals surface area contributed by atoms with E-state index in [9.17, 15) is 0 Å². The van der Waals surface area contributed by atoms with Gasteiger partial charge >= 0.3 is 0 Å². The van der Waals surface area contributed by atoms with Gasteiger partial charge in [-0.3, -0.25) is 0 Å². The maximum atomic E-state index is 4.85. The summed E-state index contributed by atoms with van der Waals surface area (Å²) < 4.78 is 0. The first-order valence-corrected chi connectivity index (χ1v) is 4.28. The number of hydrogen-bond acceptors (Lipinski definition) is 4. The lowest BCUT2D eigenvalue weighted by Crippen LogP contribution is -2.10. The van der Waals surface area contributed by atoms with E-state index in [1.807, 2.05) is 30.3 Å². The maximum absolute atomic E-state index is 4.85. The minimum absolute atomic E-state index is 0.320. The number of benzene rings is 1. The quantitative estimate of drug-likeness (QED) is 0.594. The van der Waals surface area contributed by atoms with Gasteiger partial charge in [-0.2, -0.15) is 4.89 Å². The summed E-state index contributed by atoms with van der Waals surface area (Å²) in [5, 5.41) is 5.43. The molecule has 14 heavy (non-hydrogen) atoms. The predicted molar refractivity (Wildman–Crippen MR) is 48.2 cm³/mol. The van der Waals surface area contributed by atoms with Crippen LogP contribution in [-0.2, 0) is 16.5 Å². The van der Waals surface area contributed by atoms with E-state index in [1.165, 1.54) is 0 Å². The van der Waals surface area contributed by atoms with Crippen molar-refractivity contribution < 1.29 is 14.8 Å². The first kappa shape index (κ1) is 7.73. The number of rotatable bonds is 0. The molecule has 4 heteroatoms. The second-order valence-corrected chi connectivity index (χ2v) is 3.04. The molecular formula is C10H7NO3. The summed E-state index contributed by atoms with van der Waals surface area (Å²) in [7, 11) is 0. The number of hydrogen-bond donors (Lipinski definition) is 0. The van der Waals surface area contributed by atoms with Gasteiger partial charge < -0.3 is 4.89 Å². The van der Waals surface area contributed by atoms with Gasteiger partial charge in [0.15, 0.2) is 5.75 Å². The average molecular weight is 189 g/mol. The summed E-state index contributed by atoms with van der Waals surface area (Å²) in [6.07, 6.45) is 0. The van der Waals surface area contributed by atoms with Crippen molar-refractivity contribution in [1.82, 2.24) is 4.98 Å². The molecular weight excluding hydrogens is 182 g/mol. The zero-order valence-electron chi connectivity index (χ0n) is 7.27. The molecule has 0 unspecified atom stereocenters. The average Bonchev–Trinajstić information content (AvgIpc) is 2.26. The minimum atomic E-state index is 0.320. The van der Waals surface area contributed by atoms with Crippen LogP contribution in [-0.4, -0.2) is 4.98 Å². The Morgan fingerprint density at radius 1 is 1.21 bits per heavy atom. The van der Waals surface area contributed by atoms with Gasteiger partial charge in [0, 0.05) is 5.39 Å². The number of pyridine rings is 1. The molecule has 0 radical (unpaired) electrons.